The monoisotopic (exact) mass is 156 g/mol. The van der Waals surface area contributed by atoms with Gasteiger partial charge in [0.2, 0.25) is 0 Å². The molecule has 0 aliphatic heterocycles. The Bertz CT molecular complexity index is 257. The maximum Gasteiger partial charge on any atom is 0.270 e. The van der Waals surface area contributed by atoms with Crippen molar-refractivity contribution in [3.05, 3.63) is 11.9 Å². The summed E-state index contributed by atoms with van der Waals surface area (Å²) in [7, 11) is 0. The lowest BCUT2D eigenvalue weighted by molar-refractivity contribution is 0.0995. The molecule has 0 bridgehead atoms. The number of amides is 1. The molecule has 0 saturated carbocycles. The molecule has 0 fully saturated rings. The highest BCUT2D eigenvalue weighted by molar-refractivity contribution is 5.90. The van der Waals surface area contributed by atoms with Gasteiger partial charge < -0.3 is 10.8 Å². The molecule has 1 heterocycles. The Morgan fingerprint density at radius 2 is 2.55 bits per heavy atom. The number of nitrogens with two attached hydrogens (primary N) is 1. The van der Waals surface area contributed by atoms with Crippen molar-refractivity contribution in [1.29, 1.82) is 0 Å². The second kappa shape index (κ2) is 3.11. The maximum absolute atomic E-state index is 10.5. The van der Waals surface area contributed by atoms with E-state index in [0.717, 1.165) is 0 Å². The van der Waals surface area contributed by atoms with Gasteiger partial charge >= 0.3 is 0 Å². The second-order valence-electron chi connectivity index (χ2n) is 1.95. The molecule has 1 aromatic heterocycles. The van der Waals surface area contributed by atoms with Crippen LogP contribution in [0, 0.1) is 0 Å². The number of carbonyl (C=O) groups excluding carboxylic acids is 1. The summed E-state index contributed by atoms with van der Waals surface area (Å²) >= 11 is 0. The molecule has 1 aromatic rings. The van der Waals surface area contributed by atoms with Crippen LogP contribution in [0.15, 0.2) is 6.20 Å². The first-order valence-corrected chi connectivity index (χ1v) is 3.05. The largest absolute Gasteiger partial charge is 0.394 e. The second-order valence-corrected chi connectivity index (χ2v) is 1.95. The highest BCUT2D eigenvalue weighted by atomic mass is 16.3. The van der Waals surface area contributed by atoms with Gasteiger partial charge in [-0.2, -0.15) is 0 Å². The van der Waals surface area contributed by atoms with Gasteiger partial charge in [0.1, 0.15) is 0 Å². The Hall–Kier alpha value is -1.43. The van der Waals surface area contributed by atoms with Crippen molar-refractivity contribution in [1.82, 2.24) is 15.0 Å². The first-order chi connectivity index (χ1) is 5.24. The smallest absolute Gasteiger partial charge is 0.270 e. The van der Waals surface area contributed by atoms with Crippen LogP contribution < -0.4 is 5.73 Å². The van der Waals surface area contributed by atoms with Crippen molar-refractivity contribution in [3.63, 3.8) is 0 Å². The van der Waals surface area contributed by atoms with Crippen LogP contribution in [0.3, 0.4) is 0 Å². The van der Waals surface area contributed by atoms with Gasteiger partial charge in [0.25, 0.3) is 5.91 Å². The molecule has 0 atom stereocenters. The van der Waals surface area contributed by atoms with Crippen molar-refractivity contribution in [2.24, 2.45) is 5.73 Å². The average Bonchev–Trinajstić information content (AvgIpc) is 2.37. The Morgan fingerprint density at radius 3 is 3.00 bits per heavy atom. The van der Waals surface area contributed by atoms with Crippen LogP contribution in [0.5, 0.6) is 0 Å². The molecule has 60 valence electrons. The van der Waals surface area contributed by atoms with Gasteiger partial charge in [0.05, 0.1) is 19.3 Å². The van der Waals surface area contributed by atoms with E-state index >= 15 is 0 Å². The molecule has 0 radical (unpaired) electrons. The van der Waals surface area contributed by atoms with Gasteiger partial charge in [-0.15, -0.1) is 5.10 Å². The molecule has 3 N–H and O–H groups in total. The van der Waals surface area contributed by atoms with E-state index in [4.69, 9.17) is 10.8 Å². The Morgan fingerprint density at radius 1 is 1.82 bits per heavy atom. The fourth-order valence-electron chi connectivity index (χ4n) is 0.623. The van der Waals surface area contributed by atoms with Gasteiger partial charge in [0.15, 0.2) is 5.69 Å². The van der Waals surface area contributed by atoms with Crippen molar-refractivity contribution < 1.29 is 9.90 Å². The number of nitrogens with zero attached hydrogens (tertiary/aromatic N) is 3. The van der Waals surface area contributed by atoms with Gasteiger partial charge in [-0.25, -0.2) is 4.68 Å². The lowest BCUT2D eigenvalue weighted by Gasteiger charge is -1.91. The molecule has 1 amide bonds. The third kappa shape index (κ3) is 1.74. The predicted octanol–water partition coefficient (Wildman–Crippen LogP) is -1.63. The van der Waals surface area contributed by atoms with E-state index in [0.29, 0.717) is 6.54 Å². The summed E-state index contributed by atoms with van der Waals surface area (Å²) < 4.78 is 1.35. The van der Waals surface area contributed by atoms with E-state index in [1.54, 1.807) is 0 Å². The summed E-state index contributed by atoms with van der Waals surface area (Å²) in [4.78, 5) is 10.5. The Balaban J connectivity index is 2.73. The Labute approximate surface area is 62.6 Å². The summed E-state index contributed by atoms with van der Waals surface area (Å²) in [6, 6.07) is 0. The van der Waals surface area contributed by atoms with Crippen molar-refractivity contribution in [2.75, 3.05) is 6.61 Å². The van der Waals surface area contributed by atoms with Crippen LogP contribution >= 0.6 is 0 Å². The highest BCUT2D eigenvalue weighted by Gasteiger charge is 2.04. The van der Waals surface area contributed by atoms with E-state index in [9.17, 15) is 4.79 Å². The number of aliphatic hydroxyl groups is 1. The molecule has 6 heteroatoms. The lowest BCUT2D eigenvalue weighted by atomic mass is 10.5. The van der Waals surface area contributed by atoms with Gasteiger partial charge in [0, 0.05) is 0 Å². The minimum absolute atomic E-state index is 0.0401. The minimum Gasteiger partial charge on any atom is -0.394 e. The molecule has 0 spiro atoms. The zero-order valence-corrected chi connectivity index (χ0v) is 5.77. The molecule has 0 aromatic carbocycles. The number of rotatable bonds is 3. The number of aliphatic hydroxyl groups excluding tert-OH is 1. The van der Waals surface area contributed by atoms with E-state index < -0.39 is 5.91 Å². The fraction of sp³-hybridized carbons (Fsp3) is 0.400. The topological polar surface area (TPSA) is 94.0 Å². The van der Waals surface area contributed by atoms with Crippen molar-refractivity contribution in [3.8, 4) is 0 Å². The molecular formula is C5H8N4O2. The molecule has 6 nitrogen and oxygen atoms in total. The molecule has 0 saturated heterocycles. The molecule has 0 aliphatic carbocycles. The number of primary amides is 1. The van der Waals surface area contributed by atoms with Gasteiger partial charge in [-0.1, -0.05) is 5.21 Å². The van der Waals surface area contributed by atoms with Crippen LogP contribution in [-0.2, 0) is 6.54 Å². The van der Waals surface area contributed by atoms with E-state index in [2.05, 4.69) is 10.3 Å². The van der Waals surface area contributed by atoms with Crippen LogP contribution in [0.25, 0.3) is 0 Å². The minimum atomic E-state index is -0.616. The maximum atomic E-state index is 10.5. The SMILES string of the molecule is NC(=O)c1cn(CCO)nn1. The van der Waals surface area contributed by atoms with Crippen LogP contribution in [-0.4, -0.2) is 32.6 Å². The summed E-state index contributed by atoms with van der Waals surface area (Å²) in [6.45, 7) is 0.280. The summed E-state index contributed by atoms with van der Waals surface area (Å²) in [5.74, 6) is -0.616. The number of hydrogen-bond acceptors (Lipinski definition) is 4. The standard InChI is InChI=1S/C5H8N4O2/c6-5(11)4-3-9(1-2-10)8-7-4/h3,10H,1-2H2,(H2,6,11). The molecule has 1 rings (SSSR count). The van der Waals surface area contributed by atoms with E-state index in [1.807, 2.05) is 0 Å². The molecular weight excluding hydrogens is 148 g/mol. The van der Waals surface area contributed by atoms with E-state index in [-0.39, 0.29) is 12.3 Å². The zero-order chi connectivity index (χ0) is 8.27. The quantitative estimate of drug-likeness (QED) is 0.549. The van der Waals surface area contributed by atoms with E-state index in [1.165, 1.54) is 10.9 Å². The van der Waals surface area contributed by atoms with Gasteiger partial charge in [-0.3, -0.25) is 4.79 Å². The Kier molecular flexibility index (Phi) is 2.17. The molecule has 0 unspecified atom stereocenters. The van der Waals surface area contributed by atoms with Crippen LogP contribution in [0.1, 0.15) is 10.5 Å². The van der Waals surface area contributed by atoms with Crippen LogP contribution in [0.4, 0.5) is 0 Å². The predicted molar refractivity (Wildman–Crippen MR) is 35.6 cm³/mol. The fourth-order valence-corrected chi connectivity index (χ4v) is 0.623. The first kappa shape index (κ1) is 7.67. The zero-order valence-electron chi connectivity index (χ0n) is 5.77. The summed E-state index contributed by atoms with van der Waals surface area (Å²) in [6.07, 6.45) is 1.39. The van der Waals surface area contributed by atoms with Crippen molar-refractivity contribution in [2.45, 2.75) is 6.54 Å². The third-order valence-corrected chi connectivity index (χ3v) is 1.12. The number of aromatic nitrogens is 3. The molecule has 11 heavy (non-hydrogen) atoms. The van der Waals surface area contributed by atoms with Crippen molar-refractivity contribution >= 4 is 5.91 Å². The average molecular weight is 156 g/mol. The number of hydrogen-bond donors (Lipinski definition) is 2. The first-order valence-electron chi connectivity index (χ1n) is 3.05. The molecule has 0 aliphatic rings. The summed E-state index contributed by atoms with van der Waals surface area (Å²) in [5.41, 5.74) is 5.02. The third-order valence-electron chi connectivity index (χ3n) is 1.12. The van der Waals surface area contributed by atoms with Gasteiger partial charge in [-0.05, 0) is 0 Å². The summed E-state index contributed by atoms with van der Waals surface area (Å²) in [5, 5.41) is 15.5. The normalized spacial score (nSPS) is 9.91. The van der Waals surface area contributed by atoms with Crippen LogP contribution in [0.2, 0.25) is 0 Å². The highest BCUT2D eigenvalue weighted by Crippen LogP contribution is 1.89. The number of carbonyl (C=O) groups is 1. The lowest BCUT2D eigenvalue weighted by Crippen LogP contribution is -2.11.